The maximum absolute atomic E-state index is 12.5. The molecule has 19 heavy (non-hydrogen) atoms. The SMILES string of the molecule is O=C1NC(=O)C2(CC2)C(=O)N1C1C2C3CCC(C3)C21. The number of urea groups is 1. The zero-order valence-electron chi connectivity index (χ0n) is 10.6. The molecule has 4 amide bonds. The van der Waals surface area contributed by atoms with Gasteiger partial charge in [0.05, 0.1) is 0 Å². The van der Waals surface area contributed by atoms with E-state index < -0.39 is 11.4 Å². The summed E-state index contributed by atoms with van der Waals surface area (Å²) in [6.07, 6.45) is 5.03. The number of carbonyl (C=O) groups excluding carboxylic acids is 3. The van der Waals surface area contributed by atoms with Crippen molar-refractivity contribution in [2.45, 2.75) is 38.1 Å². The number of hydrogen-bond donors (Lipinski definition) is 1. The molecule has 2 bridgehead atoms. The van der Waals surface area contributed by atoms with Crippen molar-refractivity contribution in [2.75, 3.05) is 0 Å². The van der Waals surface area contributed by atoms with E-state index in [1.165, 1.54) is 24.2 Å². The Balaban J connectivity index is 1.48. The molecule has 5 nitrogen and oxygen atoms in total. The van der Waals surface area contributed by atoms with Gasteiger partial charge in [-0.1, -0.05) is 0 Å². The second-order valence-electron chi connectivity index (χ2n) is 7.00. The van der Waals surface area contributed by atoms with Crippen molar-refractivity contribution in [3.8, 4) is 0 Å². The molecule has 5 aliphatic rings. The molecule has 1 N–H and O–H groups in total. The molecule has 0 aromatic carbocycles. The molecule has 0 radical (unpaired) electrons. The van der Waals surface area contributed by atoms with Crippen LogP contribution in [0, 0.1) is 29.1 Å². The minimum atomic E-state index is -0.871. The number of nitrogens with one attached hydrogen (secondary N) is 1. The average Bonchev–Trinajstić information content (AvgIpc) is 3.25. The van der Waals surface area contributed by atoms with Gasteiger partial charge in [0.25, 0.3) is 0 Å². The minimum absolute atomic E-state index is 0.101. The average molecular weight is 260 g/mol. The maximum Gasteiger partial charge on any atom is 0.331 e. The van der Waals surface area contributed by atoms with E-state index in [1.54, 1.807) is 0 Å². The zero-order chi connectivity index (χ0) is 12.9. The fourth-order valence-electron chi connectivity index (χ4n) is 5.16. The quantitative estimate of drug-likeness (QED) is 0.712. The van der Waals surface area contributed by atoms with Crippen molar-refractivity contribution in [1.82, 2.24) is 10.2 Å². The third kappa shape index (κ3) is 1.03. The van der Waals surface area contributed by atoms with E-state index >= 15 is 0 Å². The normalized spacial score (nSPS) is 48.5. The Hall–Kier alpha value is -1.39. The first-order valence-electron chi connectivity index (χ1n) is 7.32. The van der Waals surface area contributed by atoms with Crippen molar-refractivity contribution in [1.29, 1.82) is 0 Å². The van der Waals surface area contributed by atoms with Gasteiger partial charge in [0.2, 0.25) is 11.8 Å². The maximum atomic E-state index is 12.5. The Morgan fingerprint density at radius 3 is 2.26 bits per heavy atom. The second-order valence-corrected chi connectivity index (χ2v) is 7.00. The molecule has 5 rings (SSSR count). The topological polar surface area (TPSA) is 66.5 Å². The van der Waals surface area contributed by atoms with Crippen LogP contribution in [-0.4, -0.2) is 28.8 Å². The van der Waals surface area contributed by atoms with Crippen LogP contribution in [0.1, 0.15) is 32.1 Å². The number of barbiturate groups is 1. The van der Waals surface area contributed by atoms with Gasteiger partial charge in [-0.05, 0) is 55.8 Å². The van der Waals surface area contributed by atoms with Gasteiger partial charge >= 0.3 is 6.03 Å². The summed E-state index contributed by atoms with van der Waals surface area (Å²) in [7, 11) is 0. The lowest BCUT2D eigenvalue weighted by molar-refractivity contribution is -0.145. The lowest BCUT2D eigenvalue weighted by atomic mass is 9.99. The summed E-state index contributed by atoms with van der Waals surface area (Å²) >= 11 is 0. The monoisotopic (exact) mass is 260 g/mol. The summed E-state index contributed by atoms with van der Waals surface area (Å²) in [5.74, 6) is 1.93. The van der Waals surface area contributed by atoms with E-state index in [-0.39, 0.29) is 17.9 Å². The molecule has 5 fully saturated rings. The van der Waals surface area contributed by atoms with Crippen LogP contribution in [0.25, 0.3) is 0 Å². The first-order chi connectivity index (χ1) is 9.13. The second kappa shape index (κ2) is 2.86. The van der Waals surface area contributed by atoms with Crippen molar-refractivity contribution >= 4 is 17.8 Å². The highest BCUT2D eigenvalue weighted by molar-refractivity contribution is 6.21. The predicted molar refractivity (Wildman–Crippen MR) is 63.7 cm³/mol. The standard InChI is InChI=1S/C14H16N2O3/c17-11-14(3-4-14)12(18)16(13(19)15-11)10-8-6-1-2-7(5-6)9(8)10/h6-10H,1-5H2,(H,15,17,19). The molecule has 1 spiro atoms. The summed E-state index contributed by atoms with van der Waals surface area (Å²) < 4.78 is 0. The van der Waals surface area contributed by atoms with Crippen molar-refractivity contribution < 1.29 is 14.4 Å². The van der Waals surface area contributed by atoms with Gasteiger partial charge in [0, 0.05) is 6.04 Å². The van der Waals surface area contributed by atoms with E-state index in [4.69, 9.17) is 0 Å². The summed E-state index contributed by atoms with van der Waals surface area (Å²) in [6, 6.07) is -0.365. The van der Waals surface area contributed by atoms with Gasteiger partial charge < -0.3 is 0 Å². The molecule has 0 aromatic heterocycles. The molecule has 4 aliphatic carbocycles. The number of nitrogens with zero attached hydrogens (tertiary/aromatic N) is 1. The molecular formula is C14H16N2O3. The number of fused-ring (bicyclic) bond motifs is 5. The minimum Gasteiger partial charge on any atom is -0.277 e. The van der Waals surface area contributed by atoms with Gasteiger partial charge in [-0.25, -0.2) is 4.79 Å². The molecular weight excluding hydrogens is 244 g/mol. The Labute approximate surface area is 110 Å². The van der Waals surface area contributed by atoms with Gasteiger partial charge in [0.15, 0.2) is 0 Å². The number of amides is 4. The van der Waals surface area contributed by atoms with E-state index in [9.17, 15) is 14.4 Å². The van der Waals surface area contributed by atoms with Crippen LogP contribution in [0.4, 0.5) is 4.79 Å². The lowest BCUT2D eigenvalue weighted by Crippen LogP contribution is -2.60. The molecule has 4 unspecified atom stereocenters. The van der Waals surface area contributed by atoms with Crippen LogP contribution in [-0.2, 0) is 9.59 Å². The molecule has 0 aromatic rings. The summed E-state index contributed by atoms with van der Waals surface area (Å²) in [5.41, 5.74) is -0.871. The Bertz CT molecular complexity index is 523. The molecule has 5 heteroatoms. The van der Waals surface area contributed by atoms with Crippen LogP contribution < -0.4 is 5.32 Å². The number of rotatable bonds is 1. The van der Waals surface area contributed by atoms with E-state index in [2.05, 4.69) is 5.32 Å². The van der Waals surface area contributed by atoms with Crippen molar-refractivity contribution in [3.63, 3.8) is 0 Å². The Kier molecular flexibility index (Phi) is 1.57. The van der Waals surface area contributed by atoms with E-state index in [0.717, 1.165) is 0 Å². The van der Waals surface area contributed by atoms with Gasteiger partial charge in [0.1, 0.15) is 5.41 Å². The van der Waals surface area contributed by atoms with Crippen LogP contribution in [0.5, 0.6) is 0 Å². The van der Waals surface area contributed by atoms with Crippen molar-refractivity contribution in [3.05, 3.63) is 0 Å². The van der Waals surface area contributed by atoms with Gasteiger partial charge in [-0.3, -0.25) is 19.8 Å². The molecule has 1 aliphatic heterocycles. The highest BCUT2D eigenvalue weighted by Gasteiger charge is 2.72. The van der Waals surface area contributed by atoms with Crippen LogP contribution in [0.15, 0.2) is 0 Å². The third-order valence-electron chi connectivity index (χ3n) is 6.24. The molecule has 4 atom stereocenters. The molecule has 100 valence electrons. The number of imide groups is 2. The first kappa shape index (κ1) is 10.4. The fourth-order valence-corrected chi connectivity index (χ4v) is 5.16. The summed E-state index contributed by atoms with van der Waals surface area (Å²) in [5, 5.41) is 2.40. The van der Waals surface area contributed by atoms with Crippen LogP contribution in [0.2, 0.25) is 0 Å². The predicted octanol–water partition coefficient (Wildman–Crippen LogP) is 0.889. The summed E-state index contributed by atoms with van der Waals surface area (Å²) in [4.78, 5) is 37.8. The van der Waals surface area contributed by atoms with Gasteiger partial charge in [-0.2, -0.15) is 0 Å². The molecule has 1 saturated heterocycles. The van der Waals surface area contributed by atoms with Gasteiger partial charge in [-0.15, -0.1) is 0 Å². The molecule has 4 saturated carbocycles. The van der Waals surface area contributed by atoms with Crippen LogP contribution in [0.3, 0.4) is 0 Å². The van der Waals surface area contributed by atoms with E-state index in [1.807, 2.05) is 0 Å². The summed E-state index contributed by atoms with van der Waals surface area (Å²) in [6.45, 7) is 0. The molecule has 1 heterocycles. The zero-order valence-corrected chi connectivity index (χ0v) is 10.6. The smallest absolute Gasteiger partial charge is 0.277 e. The third-order valence-corrected chi connectivity index (χ3v) is 6.24. The highest BCUT2D eigenvalue weighted by atomic mass is 16.2. The first-order valence-corrected chi connectivity index (χ1v) is 7.32. The number of hydrogen-bond acceptors (Lipinski definition) is 3. The Morgan fingerprint density at radius 2 is 1.68 bits per heavy atom. The highest BCUT2D eigenvalue weighted by Crippen LogP contribution is 2.68. The lowest BCUT2D eigenvalue weighted by Gasteiger charge is -2.32. The van der Waals surface area contributed by atoms with E-state index in [0.29, 0.717) is 36.5 Å². The van der Waals surface area contributed by atoms with Crippen molar-refractivity contribution in [2.24, 2.45) is 29.1 Å². The fraction of sp³-hybridized carbons (Fsp3) is 0.786. The van der Waals surface area contributed by atoms with Crippen LogP contribution >= 0.6 is 0 Å². The number of carbonyl (C=O) groups is 3. The Morgan fingerprint density at radius 1 is 1.05 bits per heavy atom. The largest absolute Gasteiger partial charge is 0.331 e.